The monoisotopic (exact) mass is 240 g/mol. The van der Waals surface area contributed by atoms with Crippen LogP contribution in [0.15, 0.2) is 6.20 Å². The summed E-state index contributed by atoms with van der Waals surface area (Å²) in [4.78, 5) is 0. The van der Waals surface area contributed by atoms with Crippen LogP contribution in [-0.4, -0.2) is 16.9 Å². The Hall–Kier alpha value is -1.07. The molecule has 1 atom stereocenters. The maximum Gasteiger partial charge on any atom is 0.161 e. The molecule has 0 aliphatic heterocycles. The van der Waals surface area contributed by atoms with E-state index in [-0.39, 0.29) is 11.5 Å². The van der Waals surface area contributed by atoms with Crippen molar-refractivity contribution in [2.45, 2.75) is 46.7 Å². The molecule has 0 spiro atoms. The van der Waals surface area contributed by atoms with E-state index < -0.39 is 0 Å². The first-order valence-electron chi connectivity index (χ1n) is 6.01. The lowest BCUT2D eigenvalue weighted by Gasteiger charge is -2.31. The number of ether oxygens (including phenoxy) is 1. The van der Waals surface area contributed by atoms with Gasteiger partial charge in [0.15, 0.2) is 5.75 Å². The van der Waals surface area contributed by atoms with Crippen LogP contribution in [0.5, 0.6) is 5.75 Å². The fourth-order valence-electron chi connectivity index (χ4n) is 1.96. The number of rotatable bonds is 5. The Kier molecular flexibility index (Phi) is 4.54. The van der Waals surface area contributed by atoms with Crippen LogP contribution in [-0.2, 0) is 6.54 Å². The Morgan fingerprint density at radius 3 is 2.59 bits per heavy atom. The van der Waals surface area contributed by atoms with Crippen LogP contribution in [0.3, 0.4) is 0 Å². The number of hydrogen-bond donors (Lipinski definition) is 2. The summed E-state index contributed by atoms with van der Waals surface area (Å²) in [6.07, 6.45) is 2.78. The van der Waals surface area contributed by atoms with Crippen LogP contribution in [0.2, 0.25) is 0 Å². The Morgan fingerprint density at radius 2 is 2.18 bits per heavy atom. The summed E-state index contributed by atoms with van der Waals surface area (Å²) in [6, 6.07) is 0.00602. The topological polar surface area (TPSA) is 65.1 Å². The quantitative estimate of drug-likeness (QED) is 0.609. The van der Waals surface area contributed by atoms with Gasteiger partial charge >= 0.3 is 0 Å². The first-order chi connectivity index (χ1) is 7.95. The van der Waals surface area contributed by atoms with Crippen molar-refractivity contribution in [3.63, 3.8) is 0 Å². The number of aromatic nitrogens is 2. The fraction of sp³-hybridized carbons (Fsp3) is 0.750. The van der Waals surface area contributed by atoms with Crippen LogP contribution in [0.25, 0.3) is 0 Å². The lowest BCUT2D eigenvalue weighted by atomic mass is 9.85. The Bertz CT molecular complexity index is 354. The number of hydrazine groups is 1. The van der Waals surface area contributed by atoms with Crippen molar-refractivity contribution in [1.82, 2.24) is 15.2 Å². The third kappa shape index (κ3) is 2.98. The van der Waals surface area contributed by atoms with E-state index in [9.17, 15) is 0 Å². The number of aryl methyl sites for hydroxylation is 1. The highest BCUT2D eigenvalue weighted by Crippen LogP contribution is 2.36. The first kappa shape index (κ1) is 14.0. The van der Waals surface area contributed by atoms with Gasteiger partial charge in [0.2, 0.25) is 0 Å². The number of nitrogens with one attached hydrogen (secondary N) is 1. The minimum Gasteiger partial charge on any atom is -0.493 e. The lowest BCUT2D eigenvalue weighted by Crippen LogP contribution is -2.38. The molecule has 1 heterocycles. The van der Waals surface area contributed by atoms with E-state index in [2.05, 4.69) is 38.2 Å². The largest absolute Gasteiger partial charge is 0.493 e. The van der Waals surface area contributed by atoms with Gasteiger partial charge in [0.25, 0.3) is 0 Å². The molecule has 0 radical (unpaired) electrons. The molecule has 1 rings (SSSR count). The number of nitrogens with zero attached hydrogens (tertiary/aromatic N) is 2. The summed E-state index contributed by atoms with van der Waals surface area (Å²) in [6.45, 7) is 9.41. The maximum absolute atomic E-state index is 5.69. The number of methoxy groups -OCH3 is 1. The molecular formula is C12H24N4O. The van der Waals surface area contributed by atoms with Crippen molar-refractivity contribution in [2.24, 2.45) is 11.3 Å². The fourth-order valence-corrected chi connectivity index (χ4v) is 1.96. The highest BCUT2D eigenvalue weighted by atomic mass is 16.5. The second-order valence-electron chi connectivity index (χ2n) is 5.29. The van der Waals surface area contributed by atoms with E-state index in [0.29, 0.717) is 0 Å². The third-order valence-corrected chi connectivity index (χ3v) is 2.81. The van der Waals surface area contributed by atoms with Crippen molar-refractivity contribution >= 4 is 0 Å². The van der Waals surface area contributed by atoms with Crippen LogP contribution in [0.4, 0.5) is 0 Å². The molecule has 1 aromatic heterocycles. The Labute approximate surface area is 103 Å². The van der Waals surface area contributed by atoms with Crippen molar-refractivity contribution < 1.29 is 4.74 Å². The van der Waals surface area contributed by atoms with Gasteiger partial charge in [-0.2, -0.15) is 5.10 Å². The summed E-state index contributed by atoms with van der Waals surface area (Å²) in [7, 11) is 1.66. The number of hydrogen-bond acceptors (Lipinski definition) is 4. The van der Waals surface area contributed by atoms with Gasteiger partial charge in [0.1, 0.15) is 0 Å². The molecule has 0 saturated heterocycles. The van der Waals surface area contributed by atoms with Crippen LogP contribution in [0, 0.1) is 5.41 Å². The second kappa shape index (κ2) is 5.51. The standard InChI is InChI=1S/C12H24N4O/c1-6-7-16-10(9(17-5)8-14-16)11(15-13)12(2,3)4/h8,11,15H,6-7,13H2,1-5H3. The van der Waals surface area contributed by atoms with E-state index in [1.807, 2.05) is 4.68 Å². The predicted molar refractivity (Wildman–Crippen MR) is 68.6 cm³/mol. The summed E-state index contributed by atoms with van der Waals surface area (Å²) in [5.41, 5.74) is 3.89. The molecule has 98 valence electrons. The molecule has 3 N–H and O–H groups in total. The molecule has 5 nitrogen and oxygen atoms in total. The summed E-state index contributed by atoms with van der Waals surface area (Å²) >= 11 is 0. The Morgan fingerprint density at radius 1 is 1.53 bits per heavy atom. The molecular weight excluding hydrogens is 216 g/mol. The molecule has 0 saturated carbocycles. The zero-order valence-corrected chi connectivity index (χ0v) is 11.4. The molecule has 0 aliphatic carbocycles. The molecule has 0 amide bonds. The van der Waals surface area contributed by atoms with Gasteiger partial charge in [-0.05, 0) is 11.8 Å². The average Bonchev–Trinajstić information content (AvgIpc) is 2.61. The van der Waals surface area contributed by atoms with Crippen molar-refractivity contribution in [3.8, 4) is 5.75 Å². The van der Waals surface area contributed by atoms with Crippen molar-refractivity contribution in [3.05, 3.63) is 11.9 Å². The summed E-state index contributed by atoms with van der Waals surface area (Å²) in [5.74, 6) is 6.48. The Balaban J connectivity index is 3.19. The first-order valence-corrected chi connectivity index (χ1v) is 6.01. The summed E-state index contributed by atoms with van der Waals surface area (Å²) < 4.78 is 7.34. The molecule has 0 aliphatic rings. The van der Waals surface area contributed by atoms with Crippen LogP contribution < -0.4 is 16.0 Å². The van der Waals surface area contributed by atoms with Gasteiger partial charge in [-0.15, -0.1) is 0 Å². The molecule has 1 aromatic rings. The molecule has 1 unspecified atom stereocenters. The third-order valence-electron chi connectivity index (χ3n) is 2.81. The lowest BCUT2D eigenvalue weighted by molar-refractivity contribution is 0.252. The number of nitrogens with two attached hydrogens (primary N) is 1. The normalized spacial score (nSPS) is 13.8. The van der Waals surface area contributed by atoms with Crippen LogP contribution in [0.1, 0.15) is 45.9 Å². The molecule has 0 fully saturated rings. The van der Waals surface area contributed by atoms with Crippen molar-refractivity contribution in [1.29, 1.82) is 0 Å². The highest BCUT2D eigenvalue weighted by Gasteiger charge is 2.31. The average molecular weight is 240 g/mol. The molecule has 17 heavy (non-hydrogen) atoms. The van der Waals surface area contributed by atoms with E-state index >= 15 is 0 Å². The zero-order valence-electron chi connectivity index (χ0n) is 11.4. The molecule has 0 aromatic carbocycles. The van der Waals surface area contributed by atoms with E-state index in [1.165, 1.54) is 0 Å². The van der Waals surface area contributed by atoms with Crippen molar-refractivity contribution in [2.75, 3.05) is 7.11 Å². The highest BCUT2D eigenvalue weighted by molar-refractivity contribution is 5.29. The van der Waals surface area contributed by atoms with Gasteiger partial charge < -0.3 is 4.74 Å². The summed E-state index contributed by atoms with van der Waals surface area (Å²) in [5, 5.41) is 4.36. The minimum absolute atomic E-state index is 0.00602. The van der Waals surface area contributed by atoms with E-state index in [4.69, 9.17) is 10.6 Å². The second-order valence-corrected chi connectivity index (χ2v) is 5.29. The van der Waals surface area contributed by atoms with Gasteiger partial charge in [0, 0.05) is 6.54 Å². The van der Waals surface area contributed by atoms with Gasteiger partial charge in [-0.3, -0.25) is 16.0 Å². The van der Waals surface area contributed by atoms with Gasteiger partial charge in [-0.1, -0.05) is 27.7 Å². The predicted octanol–water partition coefficient (Wildman–Crippen LogP) is 1.85. The van der Waals surface area contributed by atoms with E-state index in [0.717, 1.165) is 24.4 Å². The molecule has 5 heteroatoms. The van der Waals surface area contributed by atoms with Gasteiger partial charge in [-0.25, -0.2) is 0 Å². The zero-order chi connectivity index (χ0) is 13.1. The minimum atomic E-state index is -0.00639. The van der Waals surface area contributed by atoms with Gasteiger partial charge in [0.05, 0.1) is 25.0 Å². The SMILES string of the molecule is CCCn1ncc(OC)c1C(NN)C(C)(C)C. The maximum atomic E-state index is 5.69. The molecule has 0 bridgehead atoms. The van der Waals surface area contributed by atoms with Crippen LogP contribution >= 0.6 is 0 Å². The smallest absolute Gasteiger partial charge is 0.161 e. The van der Waals surface area contributed by atoms with E-state index in [1.54, 1.807) is 13.3 Å².